The van der Waals surface area contributed by atoms with Crippen molar-refractivity contribution in [3.8, 4) is 11.6 Å². The standard InChI is InChI=1S/C16H19N5O2/c1-11-8-20(9-12(2)22-11)10-15-17-18-16(23-15)14-7-13-5-3-4-6-21(13)19-14/h3-7,11-12H,8-10H2,1-2H3. The molecule has 1 aliphatic rings. The predicted octanol–water partition coefficient (Wildman–Crippen LogP) is 1.99. The average Bonchev–Trinajstić information content (AvgIpc) is 3.12. The first-order chi connectivity index (χ1) is 11.2. The van der Waals surface area contributed by atoms with Crippen LogP contribution in [0.15, 0.2) is 34.9 Å². The molecule has 0 saturated carbocycles. The lowest BCUT2D eigenvalue weighted by Gasteiger charge is -2.34. The maximum Gasteiger partial charge on any atom is 0.268 e. The highest BCUT2D eigenvalue weighted by Crippen LogP contribution is 2.20. The molecule has 0 N–H and O–H groups in total. The summed E-state index contributed by atoms with van der Waals surface area (Å²) in [4.78, 5) is 2.28. The highest BCUT2D eigenvalue weighted by Gasteiger charge is 2.24. The third-order valence-corrected chi connectivity index (χ3v) is 3.91. The molecular formula is C16H19N5O2. The van der Waals surface area contributed by atoms with Gasteiger partial charge in [-0.1, -0.05) is 6.07 Å². The second kappa shape index (κ2) is 5.75. The normalized spacial score (nSPS) is 22.7. The Morgan fingerprint density at radius 1 is 1.17 bits per heavy atom. The molecule has 4 rings (SSSR count). The fourth-order valence-corrected chi connectivity index (χ4v) is 3.07. The Hall–Kier alpha value is -2.25. The minimum Gasteiger partial charge on any atom is -0.418 e. The molecule has 3 aromatic heterocycles. The van der Waals surface area contributed by atoms with E-state index < -0.39 is 0 Å². The minimum absolute atomic E-state index is 0.222. The molecule has 0 radical (unpaired) electrons. The van der Waals surface area contributed by atoms with Crippen molar-refractivity contribution in [1.29, 1.82) is 0 Å². The molecule has 0 aliphatic carbocycles. The average molecular weight is 313 g/mol. The fourth-order valence-electron chi connectivity index (χ4n) is 3.07. The Kier molecular flexibility index (Phi) is 3.59. The van der Waals surface area contributed by atoms with Crippen LogP contribution >= 0.6 is 0 Å². The van der Waals surface area contributed by atoms with Gasteiger partial charge in [0.2, 0.25) is 5.89 Å². The topological polar surface area (TPSA) is 68.7 Å². The minimum atomic E-state index is 0.222. The molecule has 0 spiro atoms. The number of pyridine rings is 1. The van der Waals surface area contributed by atoms with Gasteiger partial charge in [-0.25, -0.2) is 4.52 Å². The number of fused-ring (bicyclic) bond motifs is 1. The summed E-state index contributed by atoms with van der Waals surface area (Å²) in [5, 5.41) is 12.7. The quantitative estimate of drug-likeness (QED) is 0.736. The van der Waals surface area contributed by atoms with E-state index in [1.54, 1.807) is 4.52 Å². The molecule has 120 valence electrons. The van der Waals surface area contributed by atoms with Gasteiger partial charge in [-0.2, -0.15) is 5.10 Å². The molecule has 7 nitrogen and oxygen atoms in total. The van der Waals surface area contributed by atoms with Crippen molar-refractivity contribution >= 4 is 5.52 Å². The van der Waals surface area contributed by atoms with Gasteiger partial charge in [0.1, 0.15) is 0 Å². The number of hydrogen-bond donors (Lipinski definition) is 0. The molecule has 2 unspecified atom stereocenters. The van der Waals surface area contributed by atoms with E-state index in [2.05, 4.69) is 34.0 Å². The molecule has 1 aliphatic heterocycles. The van der Waals surface area contributed by atoms with Crippen LogP contribution in [0.5, 0.6) is 0 Å². The van der Waals surface area contributed by atoms with Crippen LogP contribution in [-0.4, -0.2) is 50.0 Å². The summed E-state index contributed by atoms with van der Waals surface area (Å²) in [5.74, 6) is 1.07. The van der Waals surface area contributed by atoms with Crippen LogP contribution in [0.4, 0.5) is 0 Å². The Morgan fingerprint density at radius 3 is 2.78 bits per heavy atom. The molecule has 3 aromatic rings. The van der Waals surface area contributed by atoms with E-state index in [0.29, 0.717) is 24.0 Å². The maximum atomic E-state index is 5.79. The van der Waals surface area contributed by atoms with E-state index in [4.69, 9.17) is 9.15 Å². The van der Waals surface area contributed by atoms with Gasteiger partial charge in [-0.05, 0) is 32.0 Å². The van der Waals surface area contributed by atoms with Gasteiger partial charge in [0.25, 0.3) is 5.89 Å². The highest BCUT2D eigenvalue weighted by molar-refractivity contribution is 5.59. The third-order valence-electron chi connectivity index (χ3n) is 3.91. The first kappa shape index (κ1) is 14.3. The van der Waals surface area contributed by atoms with Gasteiger partial charge in [0.15, 0.2) is 5.69 Å². The molecule has 1 fully saturated rings. The summed E-state index contributed by atoms with van der Waals surface area (Å²) in [6.07, 6.45) is 2.34. The molecule has 23 heavy (non-hydrogen) atoms. The molecule has 0 amide bonds. The zero-order valence-corrected chi connectivity index (χ0v) is 13.2. The predicted molar refractivity (Wildman–Crippen MR) is 83.8 cm³/mol. The van der Waals surface area contributed by atoms with Gasteiger partial charge >= 0.3 is 0 Å². The van der Waals surface area contributed by atoms with E-state index >= 15 is 0 Å². The summed E-state index contributed by atoms with van der Waals surface area (Å²) in [6, 6.07) is 7.84. The lowest BCUT2D eigenvalue weighted by Crippen LogP contribution is -2.44. The van der Waals surface area contributed by atoms with Crippen LogP contribution in [0, 0.1) is 0 Å². The zero-order valence-electron chi connectivity index (χ0n) is 13.2. The number of aromatic nitrogens is 4. The molecule has 4 heterocycles. The van der Waals surface area contributed by atoms with E-state index in [0.717, 1.165) is 18.6 Å². The second-order valence-electron chi connectivity index (χ2n) is 6.05. The highest BCUT2D eigenvalue weighted by atomic mass is 16.5. The smallest absolute Gasteiger partial charge is 0.268 e. The van der Waals surface area contributed by atoms with Crippen molar-refractivity contribution in [3.63, 3.8) is 0 Å². The van der Waals surface area contributed by atoms with Gasteiger partial charge in [-0.15, -0.1) is 10.2 Å². The molecule has 7 heteroatoms. The maximum absolute atomic E-state index is 5.79. The third kappa shape index (κ3) is 2.97. The first-order valence-electron chi connectivity index (χ1n) is 7.82. The van der Waals surface area contributed by atoms with E-state index in [1.807, 2.05) is 30.5 Å². The van der Waals surface area contributed by atoms with Crippen LogP contribution in [0.2, 0.25) is 0 Å². The summed E-state index contributed by atoms with van der Waals surface area (Å²) in [7, 11) is 0. The summed E-state index contributed by atoms with van der Waals surface area (Å²) < 4.78 is 13.3. The van der Waals surface area contributed by atoms with E-state index in [1.165, 1.54) is 0 Å². The Bertz CT molecular complexity index is 769. The van der Waals surface area contributed by atoms with Gasteiger partial charge in [0.05, 0.1) is 24.3 Å². The lowest BCUT2D eigenvalue weighted by molar-refractivity contribution is -0.0721. The number of nitrogens with zero attached hydrogens (tertiary/aromatic N) is 5. The molecule has 0 bridgehead atoms. The lowest BCUT2D eigenvalue weighted by atomic mass is 10.2. The summed E-state index contributed by atoms with van der Waals surface area (Å²) >= 11 is 0. The van der Waals surface area contributed by atoms with Gasteiger partial charge in [-0.3, -0.25) is 4.90 Å². The number of ether oxygens (including phenoxy) is 1. The van der Waals surface area contributed by atoms with Crippen molar-refractivity contribution < 1.29 is 9.15 Å². The molecular weight excluding hydrogens is 294 g/mol. The fraction of sp³-hybridized carbons (Fsp3) is 0.438. The zero-order chi connectivity index (χ0) is 15.8. The van der Waals surface area contributed by atoms with Crippen LogP contribution in [0.3, 0.4) is 0 Å². The molecule has 2 atom stereocenters. The molecule has 0 aromatic carbocycles. The summed E-state index contributed by atoms with van der Waals surface area (Å²) in [6.45, 7) is 6.54. The van der Waals surface area contributed by atoms with Crippen molar-refractivity contribution in [2.45, 2.75) is 32.6 Å². The summed E-state index contributed by atoms with van der Waals surface area (Å²) in [5.41, 5.74) is 1.69. The van der Waals surface area contributed by atoms with Crippen molar-refractivity contribution in [3.05, 3.63) is 36.4 Å². The molecule has 1 saturated heterocycles. The second-order valence-corrected chi connectivity index (χ2v) is 6.05. The van der Waals surface area contributed by atoms with Crippen LogP contribution < -0.4 is 0 Å². The Labute approximate surface area is 133 Å². The monoisotopic (exact) mass is 313 g/mol. The van der Waals surface area contributed by atoms with Crippen LogP contribution in [0.25, 0.3) is 17.1 Å². The van der Waals surface area contributed by atoms with Crippen molar-refractivity contribution in [2.24, 2.45) is 0 Å². The van der Waals surface area contributed by atoms with Crippen LogP contribution in [0.1, 0.15) is 19.7 Å². The largest absolute Gasteiger partial charge is 0.418 e. The Balaban J connectivity index is 1.52. The van der Waals surface area contributed by atoms with Crippen molar-refractivity contribution in [1.82, 2.24) is 24.7 Å². The van der Waals surface area contributed by atoms with Gasteiger partial charge in [0, 0.05) is 19.3 Å². The number of hydrogen-bond acceptors (Lipinski definition) is 6. The van der Waals surface area contributed by atoms with Gasteiger partial charge < -0.3 is 9.15 Å². The first-order valence-corrected chi connectivity index (χ1v) is 7.82. The van der Waals surface area contributed by atoms with E-state index in [-0.39, 0.29) is 12.2 Å². The Morgan fingerprint density at radius 2 is 2.00 bits per heavy atom. The SMILES string of the molecule is CC1CN(Cc2nnc(-c3cc4ccccn4n3)o2)CC(C)O1. The van der Waals surface area contributed by atoms with Crippen molar-refractivity contribution in [2.75, 3.05) is 13.1 Å². The van der Waals surface area contributed by atoms with E-state index in [9.17, 15) is 0 Å². The van der Waals surface area contributed by atoms with Crippen LogP contribution in [-0.2, 0) is 11.3 Å². The number of morpholine rings is 1. The number of rotatable bonds is 3.